The summed E-state index contributed by atoms with van der Waals surface area (Å²) in [5.41, 5.74) is 2.71. The van der Waals surface area contributed by atoms with Gasteiger partial charge in [-0.1, -0.05) is 23.7 Å². The second kappa shape index (κ2) is 6.85. The van der Waals surface area contributed by atoms with Gasteiger partial charge in [0.2, 0.25) is 5.91 Å². The molecule has 2 aromatic rings. The van der Waals surface area contributed by atoms with Gasteiger partial charge in [-0.25, -0.2) is 0 Å². The maximum Gasteiger partial charge on any atom is 0.244 e. The number of carbonyl (C=O) groups excluding carboxylic acids is 1. The van der Waals surface area contributed by atoms with Crippen LogP contribution in [0.5, 0.6) is 5.75 Å². The Morgan fingerprint density at radius 3 is 2.88 bits per heavy atom. The van der Waals surface area contributed by atoms with E-state index in [2.05, 4.69) is 11.2 Å². The standard InChI is InChI=1S/C18H22ClN3O2/c1-12-18(19)13(2)22(20-12)11-17(23)21-9-5-8-16(21)14-6-4-7-15(10-14)24-3/h4,6-7,10,16H,5,8-9,11H2,1-3H3/t16-/m1/s1. The summed E-state index contributed by atoms with van der Waals surface area (Å²) in [7, 11) is 1.66. The Morgan fingerprint density at radius 2 is 2.21 bits per heavy atom. The molecule has 0 N–H and O–H groups in total. The first-order chi connectivity index (χ1) is 11.5. The molecule has 0 radical (unpaired) electrons. The van der Waals surface area contributed by atoms with E-state index in [1.807, 2.05) is 36.9 Å². The van der Waals surface area contributed by atoms with Crippen LogP contribution in [0.1, 0.15) is 35.8 Å². The molecule has 1 fully saturated rings. The Labute approximate surface area is 147 Å². The molecule has 0 unspecified atom stereocenters. The molecule has 6 heteroatoms. The van der Waals surface area contributed by atoms with Crippen LogP contribution < -0.4 is 4.74 Å². The lowest BCUT2D eigenvalue weighted by atomic mass is 10.0. The predicted molar refractivity (Wildman–Crippen MR) is 93.4 cm³/mol. The molecule has 3 rings (SSSR count). The summed E-state index contributed by atoms with van der Waals surface area (Å²) in [5, 5.41) is 5.00. The minimum absolute atomic E-state index is 0.0718. The Bertz CT molecular complexity index is 757. The molecule has 24 heavy (non-hydrogen) atoms. The summed E-state index contributed by atoms with van der Waals surface area (Å²) in [6, 6.07) is 8.05. The van der Waals surface area contributed by atoms with Crippen LogP contribution in [0.15, 0.2) is 24.3 Å². The van der Waals surface area contributed by atoms with E-state index in [4.69, 9.17) is 16.3 Å². The summed E-state index contributed by atoms with van der Waals surface area (Å²) in [4.78, 5) is 14.8. The number of hydrogen-bond acceptors (Lipinski definition) is 3. The van der Waals surface area contributed by atoms with Gasteiger partial charge >= 0.3 is 0 Å². The largest absolute Gasteiger partial charge is 0.497 e. The van der Waals surface area contributed by atoms with Crippen molar-refractivity contribution in [2.45, 2.75) is 39.3 Å². The van der Waals surface area contributed by atoms with Crippen LogP contribution in [0.25, 0.3) is 0 Å². The molecule has 1 amide bonds. The lowest BCUT2D eigenvalue weighted by molar-refractivity contribution is -0.133. The lowest BCUT2D eigenvalue weighted by Crippen LogP contribution is -2.34. The van der Waals surface area contributed by atoms with E-state index in [9.17, 15) is 4.79 Å². The van der Waals surface area contributed by atoms with Gasteiger partial charge in [0.1, 0.15) is 12.3 Å². The number of ether oxygens (including phenoxy) is 1. The van der Waals surface area contributed by atoms with E-state index in [1.54, 1.807) is 11.8 Å². The van der Waals surface area contributed by atoms with Gasteiger partial charge in [-0.2, -0.15) is 5.10 Å². The van der Waals surface area contributed by atoms with E-state index >= 15 is 0 Å². The van der Waals surface area contributed by atoms with Crippen LogP contribution in [-0.2, 0) is 11.3 Å². The number of carbonyl (C=O) groups is 1. The first-order valence-electron chi connectivity index (χ1n) is 8.14. The molecule has 128 valence electrons. The monoisotopic (exact) mass is 347 g/mol. The minimum Gasteiger partial charge on any atom is -0.497 e. The molecule has 1 aliphatic rings. The molecule has 0 aliphatic carbocycles. The van der Waals surface area contributed by atoms with Crippen molar-refractivity contribution in [3.05, 3.63) is 46.2 Å². The minimum atomic E-state index is 0.0718. The number of likely N-dealkylation sites (tertiary alicyclic amines) is 1. The predicted octanol–water partition coefficient (Wildman–Crippen LogP) is 3.53. The van der Waals surface area contributed by atoms with Gasteiger partial charge in [0.15, 0.2) is 0 Å². The third kappa shape index (κ3) is 3.13. The van der Waals surface area contributed by atoms with E-state index in [1.165, 1.54) is 0 Å². The van der Waals surface area contributed by atoms with Crippen molar-refractivity contribution in [1.82, 2.24) is 14.7 Å². The third-order valence-corrected chi connectivity index (χ3v) is 5.18. The average Bonchev–Trinajstić information content (AvgIpc) is 3.17. The highest BCUT2D eigenvalue weighted by Gasteiger charge is 2.30. The van der Waals surface area contributed by atoms with E-state index in [0.29, 0.717) is 5.02 Å². The number of rotatable bonds is 4. The van der Waals surface area contributed by atoms with Gasteiger partial charge < -0.3 is 9.64 Å². The summed E-state index contributed by atoms with van der Waals surface area (Å²) >= 11 is 6.18. The van der Waals surface area contributed by atoms with Crippen molar-refractivity contribution in [3.63, 3.8) is 0 Å². The van der Waals surface area contributed by atoms with E-state index in [0.717, 1.165) is 42.1 Å². The summed E-state index contributed by atoms with van der Waals surface area (Å²) in [6.45, 7) is 4.73. The average molecular weight is 348 g/mol. The number of benzene rings is 1. The third-order valence-electron chi connectivity index (χ3n) is 4.63. The smallest absolute Gasteiger partial charge is 0.244 e. The van der Waals surface area contributed by atoms with Crippen molar-refractivity contribution >= 4 is 17.5 Å². The molecule has 1 saturated heterocycles. The normalized spacial score (nSPS) is 17.3. The highest BCUT2D eigenvalue weighted by atomic mass is 35.5. The maximum absolute atomic E-state index is 12.8. The van der Waals surface area contributed by atoms with Crippen LogP contribution in [-0.4, -0.2) is 34.2 Å². The van der Waals surface area contributed by atoms with Gasteiger partial charge in [-0.15, -0.1) is 0 Å². The molecule has 1 atom stereocenters. The highest BCUT2D eigenvalue weighted by Crippen LogP contribution is 2.33. The number of aromatic nitrogens is 2. The van der Waals surface area contributed by atoms with E-state index < -0.39 is 0 Å². The van der Waals surface area contributed by atoms with Crippen molar-refractivity contribution in [1.29, 1.82) is 0 Å². The van der Waals surface area contributed by atoms with Gasteiger partial charge in [0.25, 0.3) is 0 Å². The Morgan fingerprint density at radius 1 is 1.42 bits per heavy atom. The summed E-state index contributed by atoms with van der Waals surface area (Å²) < 4.78 is 7.00. The molecule has 2 heterocycles. The van der Waals surface area contributed by atoms with Crippen LogP contribution in [0, 0.1) is 13.8 Å². The second-order valence-corrected chi connectivity index (χ2v) is 6.54. The fourth-order valence-electron chi connectivity index (χ4n) is 3.31. The number of amides is 1. The van der Waals surface area contributed by atoms with Gasteiger partial charge in [0, 0.05) is 6.54 Å². The molecule has 0 saturated carbocycles. The van der Waals surface area contributed by atoms with Crippen LogP contribution in [0.4, 0.5) is 0 Å². The SMILES string of the molecule is COc1cccc([C@H]2CCCN2C(=O)Cn2nc(C)c(Cl)c2C)c1. The maximum atomic E-state index is 12.8. The summed E-state index contributed by atoms with van der Waals surface area (Å²) in [5.74, 6) is 0.889. The Balaban J connectivity index is 1.79. The zero-order valence-corrected chi connectivity index (χ0v) is 15.0. The number of hydrogen-bond donors (Lipinski definition) is 0. The molecule has 1 aliphatic heterocycles. The fraction of sp³-hybridized carbons (Fsp3) is 0.444. The highest BCUT2D eigenvalue weighted by molar-refractivity contribution is 6.31. The fourth-order valence-corrected chi connectivity index (χ4v) is 3.44. The van der Waals surface area contributed by atoms with Crippen molar-refractivity contribution in [3.8, 4) is 5.75 Å². The van der Waals surface area contributed by atoms with Crippen LogP contribution >= 0.6 is 11.6 Å². The molecule has 0 bridgehead atoms. The van der Waals surface area contributed by atoms with Crippen molar-refractivity contribution in [2.75, 3.05) is 13.7 Å². The quantitative estimate of drug-likeness (QED) is 0.850. The topological polar surface area (TPSA) is 47.4 Å². The number of methoxy groups -OCH3 is 1. The zero-order chi connectivity index (χ0) is 17.3. The molecule has 5 nitrogen and oxygen atoms in total. The molecular weight excluding hydrogens is 326 g/mol. The number of halogens is 1. The molecule has 0 spiro atoms. The van der Waals surface area contributed by atoms with Crippen molar-refractivity contribution in [2.24, 2.45) is 0 Å². The summed E-state index contributed by atoms with van der Waals surface area (Å²) in [6.07, 6.45) is 1.97. The van der Waals surface area contributed by atoms with Crippen molar-refractivity contribution < 1.29 is 9.53 Å². The molecule has 1 aromatic carbocycles. The first-order valence-corrected chi connectivity index (χ1v) is 8.52. The van der Waals surface area contributed by atoms with Gasteiger partial charge in [0.05, 0.1) is 29.6 Å². The molecule has 1 aromatic heterocycles. The van der Waals surface area contributed by atoms with Gasteiger partial charge in [-0.3, -0.25) is 9.48 Å². The number of nitrogens with zero attached hydrogens (tertiary/aromatic N) is 3. The number of aryl methyl sites for hydroxylation is 1. The first kappa shape index (κ1) is 16.8. The Hall–Kier alpha value is -2.01. The molecular formula is C18H22ClN3O2. The zero-order valence-electron chi connectivity index (χ0n) is 14.3. The Kier molecular flexibility index (Phi) is 4.81. The lowest BCUT2D eigenvalue weighted by Gasteiger charge is -2.25. The van der Waals surface area contributed by atoms with Crippen LogP contribution in [0.3, 0.4) is 0 Å². The van der Waals surface area contributed by atoms with Crippen LogP contribution in [0.2, 0.25) is 5.02 Å². The van der Waals surface area contributed by atoms with Gasteiger partial charge in [-0.05, 0) is 44.4 Å². The van der Waals surface area contributed by atoms with E-state index in [-0.39, 0.29) is 18.5 Å². The second-order valence-electron chi connectivity index (χ2n) is 6.16.